The molecule has 2 aromatic rings. The Hall–Kier alpha value is -2.44. The molecule has 224 valence electrons. The predicted molar refractivity (Wildman–Crippen MR) is 103 cm³/mol. The van der Waals surface area contributed by atoms with Gasteiger partial charge in [0.25, 0.3) is 11.2 Å². The third-order valence-electron chi connectivity index (χ3n) is 5.13. The van der Waals surface area contributed by atoms with E-state index in [1.165, 1.54) is 6.07 Å². The van der Waals surface area contributed by atoms with Crippen molar-refractivity contribution in [2.45, 2.75) is 46.9 Å². The maximum atomic E-state index is 13.1. The van der Waals surface area contributed by atoms with Crippen LogP contribution in [0.1, 0.15) is 11.1 Å². The predicted octanol–water partition coefficient (Wildman–Crippen LogP) is 8.47. The van der Waals surface area contributed by atoms with Crippen LogP contribution in [0.3, 0.4) is 0 Å². The van der Waals surface area contributed by atoms with Gasteiger partial charge in [0.05, 0.1) is 0 Å². The van der Waals surface area contributed by atoms with E-state index in [0.29, 0.717) is 18.2 Å². The van der Waals surface area contributed by atoms with Crippen LogP contribution in [0.5, 0.6) is 11.5 Å². The molecule has 0 radical (unpaired) electrons. The van der Waals surface area contributed by atoms with Gasteiger partial charge >= 0.3 is 35.7 Å². The number of hydrogen-bond acceptors (Lipinski definition) is 4. The summed E-state index contributed by atoms with van der Waals surface area (Å²) in [6, 6.07) is 6.32. The van der Waals surface area contributed by atoms with Crippen molar-refractivity contribution < 1.29 is 80.4 Å². The number of rotatable bonds is 0. The fraction of sp³-hybridized carbons (Fsp3) is 0.400. The van der Waals surface area contributed by atoms with Crippen molar-refractivity contribution in [3.05, 3.63) is 59.7 Å². The molecule has 0 spiro atoms. The fourth-order valence-electron chi connectivity index (χ4n) is 3.62. The van der Waals surface area contributed by atoms with Crippen molar-refractivity contribution >= 4 is 23.2 Å². The molecule has 0 aliphatic carbocycles. The lowest BCUT2D eigenvalue weighted by molar-refractivity contribution is -0.495. The van der Waals surface area contributed by atoms with Crippen molar-refractivity contribution in [2.75, 3.05) is 0 Å². The minimum absolute atomic E-state index is 0.367. The van der Waals surface area contributed by atoms with Gasteiger partial charge < -0.3 is 9.47 Å². The van der Waals surface area contributed by atoms with Crippen molar-refractivity contribution in [1.82, 2.24) is 0 Å². The second-order valence-electron chi connectivity index (χ2n) is 7.68. The number of benzene rings is 2. The van der Waals surface area contributed by atoms with Crippen LogP contribution in [-0.2, 0) is 20.7 Å². The van der Waals surface area contributed by atoms with Crippen LogP contribution in [0.25, 0.3) is 0 Å². The van der Waals surface area contributed by atoms with Gasteiger partial charge in [0, 0.05) is 11.1 Å². The van der Waals surface area contributed by atoms with Crippen LogP contribution >= 0.6 is 23.2 Å². The van der Waals surface area contributed by atoms with Crippen LogP contribution in [0.15, 0.2) is 48.5 Å². The molecule has 2 aliphatic rings. The third kappa shape index (κ3) is 5.30. The summed E-state index contributed by atoms with van der Waals surface area (Å²) in [5.74, 6) is -2.02. The van der Waals surface area contributed by atoms with E-state index < -0.39 is 69.5 Å². The molecule has 20 heteroatoms. The lowest BCUT2D eigenvalue weighted by Crippen LogP contribution is -2.61. The molecule has 4 rings (SSSR count). The molecule has 0 saturated carbocycles. The second kappa shape index (κ2) is 9.55. The average molecular weight is 649 g/mol. The Balaban J connectivity index is 0.000000220. The van der Waals surface area contributed by atoms with Gasteiger partial charge in [-0.05, 0) is 35.3 Å². The number of para-hydroxylation sites is 2. The molecule has 0 amide bonds. The Labute approximate surface area is 222 Å². The maximum Gasteiger partial charge on any atom is 0.536 e. The smallest absolute Gasteiger partial charge is 0.436 e. The average Bonchev–Trinajstić information content (AvgIpc) is 2.74. The molecule has 0 atom stereocenters. The van der Waals surface area contributed by atoms with Crippen LogP contribution in [-0.4, -0.2) is 35.7 Å². The van der Waals surface area contributed by atoms with Crippen LogP contribution in [0, 0.1) is 0 Å². The zero-order valence-corrected chi connectivity index (χ0v) is 19.8. The van der Waals surface area contributed by atoms with Gasteiger partial charge in [-0.15, -0.1) is 8.78 Å². The van der Waals surface area contributed by atoms with E-state index in [2.05, 4.69) is 18.9 Å². The van der Waals surface area contributed by atoms with Crippen LogP contribution < -0.4 is 9.47 Å². The standard InChI is InChI=1S/C10H4Cl2F6O2.C10H4F8O2/c11-10(12)19-6-4-2-1-3-5(6)7(20-10,8(13,14)15)9(16,17)18;11-8(12,13)7(9(14,15)16)5-3-1-2-4-6(5)19-10(17,18)20-7/h2*1-4H. The van der Waals surface area contributed by atoms with Gasteiger partial charge in [-0.1, -0.05) is 36.4 Å². The lowest BCUT2D eigenvalue weighted by atomic mass is 9.90. The fourth-order valence-corrected chi connectivity index (χ4v) is 4.02. The Kier molecular flexibility index (Phi) is 7.66. The largest absolute Gasteiger partial charge is 0.536 e. The molecule has 0 bridgehead atoms. The minimum atomic E-state index is -6.16. The second-order valence-corrected chi connectivity index (χ2v) is 8.87. The highest BCUT2D eigenvalue weighted by Gasteiger charge is 2.79. The molecule has 0 N–H and O–H groups in total. The Morgan fingerprint density at radius 2 is 0.825 bits per heavy atom. The van der Waals surface area contributed by atoms with Gasteiger partial charge in [0.1, 0.15) is 11.5 Å². The van der Waals surface area contributed by atoms with Crippen LogP contribution in [0.2, 0.25) is 0 Å². The quantitative estimate of drug-likeness (QED) is 0.212. The van der Waals surface area contributed by atoms with E-state index in [1.807, 2.05) is 0 Å². The van der Waals surface area contributed by atoms with E-state index in [4.69, 9.17) is 23.2 Å². The van der Waals surface area contributed by atoms with Crippen molar-refractivity contribution in [3.63, 3.8) is 0 Å². The molecule has 2 aliphatic heterocycles. The summed E-state index contributed by atoms with van der Waals surface area (Å²) in [5, 5.41) is 0. The molecule has 2 aromatic carbocycles. The summed E-state index contributed by atoms with van der Waals surface area (Å²) in [7, 11) is 0. The highest BCUT2D eigenvalue weighted by Crippen LogP contribution is 2.61. The van der Waals surface area contributed by atoms with E-state index in [0.717, 1.165) is 24.3 Å². The summed E-state index contributed by atoms with van der Waals surface area (Å²) >= 11 is 10.4. The lowest BCUT2D eigenvalue weighted by Gasteiger charge is -2.44. The molecular formula is C20H8Cl2F14O4. The van der Waals surface area contributed by atoms with Crippen LogP contribution in [0.4, 0.5) is 61.5 Å². The van der Waals surface area contributed by atoms with E-state index >= 15 is 0 Å². The Morgan fingerprint density at radius 1 is 0.500 bits per heavy atom. The Bertz CT molecular complexity index is 1110. The first-order valence-electron chi connectivity index (χ1n) is 9.81. The molecule has 0 aromatic heterocycles. The first-order valence-corrected chi connectivity index (χ1v) is 10.6. The van der Waals surface area contributed by atoms with Gasteiger partial charge in [0.15, 0.2) is 0 Å². The summed E-state index contributed by atoms with van der Waals surface area (Å²) < 4.78 is 194. The van der Waals surface area contributed by atoms with Gasteiger partial charge in [-0.2, -0.15) is 52.7 Å². The van der Waals surface area contributed by atoms with Crippen molar-refractivity contribution in [3.8, 4) is 11.5 Å². The summed E-state index contributed by atoms with van der Waals surface area (Å²) in [4.78, 5) is 0. The van der Waals surface area contributed by atoms with Gasteiger partial charge in [0.2, 0.25) is 0 Å². The highest BCUT2D eigenvalue weighted by molar-refractivity contribution is 6.46. The molecule has 0 fully saturated rings. The Morgan fingerprint density at radius 3 is 1.20 bits per heavy atom. The summed E-state index contributed by atoms with van der Waals surface area (Å²) in [6.45, 7) is 0. The molecule has 0 unspecified atom stereocenters. The monoisotopic (exact) mass is 648 g/mol. The number of halogens is 16. The molecule has 2 heterocycles. The molecular weight excluding hydrogens is 641 g/mol. The number of fused-ring (bicyclic) bond motifs is 2. The summed E-state index contributed by atoms with van der Waals surface area (Å²) in [6.07, 6.45) is -29.1. The number of hydrogen-bond donors (Lipinski definition) is 0. The summed E-state index contributed by atoms with van der Waals surface area (Å²) in [5.41, 5.74) is -12.7. The van der Waals surface area contributed by atoms with Gasteiger partial charge in [-0.25, -0.2) is 0 Å². The first-order chi connectivity index (χ1) is 17.8. The first kappa shape index (κ1) is 32.1. The normalized spacial score (nSPS) is 21.0. The van der Waals surface area contributed by atoms with Crippen molar-refractivity contribution in [1.29, 1.82) is 0 Å². The van der Waals surface area contributed by atoms with E-state index in [-0.39, 0.29) is 0 Å². The van der Waals surface area contributed by atoms with Crippen molar-refractivity contribution in [2.24, 2.45) is 0 Å². The minimum Gasteiger partial charge on any atom is -0.436 e. The SMILES string of the molecule is FC(F)(F)C1(C(F)(F)F)OC(Cl)(Cl)Oc2ccccc21.FC1(F)Oc2ccccc2C(C(F)(F)F)(C(F)(F)F)O1. The molecule has 4 nitrogen and oxygen atoms in total. The highest BCUT2D eigenvalue weighted by atomic mass is 35.5. The number of ether oxygens (including phenoxy) is 4. The van der Waals surface area contributed by atoms with E-state index in [1.54, 1.807) is 0 Å². The third-order valence-corrected chi connectivity index (χ3v) is 5.44. The number of alkyl halides is 16. The van der Waals surface area contributed by atoms with E-state index in [9.17, 15) is 61.5 Å². The molecule has 0 saturated heterocycles. The molecule has 40 heavy (non-hydrogen) atoms. The maximum absolute atomic E-state index is 13.1. The zero-order valence-electron chi connectivity index (χ0n) is 18.3. The zero-order chi connectivity index (χ0) is 30.8. The topological polar surface area (TPSA) is 36.9 Å². The van der Waals surface area contributed by atoms with Gasteiger partial charge in [-0.3, -0.25) is 9.47 Å².